The van der Waals surface area contributed by atoms with E-state index < -0.39 is 6.03 Å². The molecule has 29 heavy (non-hydrogen) atoms. The van der Waals surface area contributed by atoms with Crippen LogP contribution < -0.4 is 10.6 Å². The third kappa shape index (κ3) is 3.73. The Bertz CT molecular complexity index is 1160. The van der Waals surface area contributed by atoms with Crippen LogP contribution in [0.4, 0.5) is 16.2 Å². The van der Waals surface area contributed by atoms with E-state index in [1.165, 1.54) is 29.6 Å². The molecule has 0 bridgehead atoms. The number of nitrogens with one attached hydrogen (secondary N) is 2. The van der Waals surface area contributed by atoms with Crippen molar-refractivity contribution in [3.8, 4) is 5.82 Å². The highest BCUT2D eigenvalue weighted by Crippen LogP contribution is 2.28. The number of aromatic nitrogens is 7. The molecule has 0 aliphatic rings. The number of imidazole rings is 1. The molecular formula is C17H16ClN9O2. The molecule has 2 amide bonds. The predicted octanol–water partition coefficient (Wildman–Crippen LogP) is 2.71. The van der Waals surface area contributed by atoms with Crippen LogP contribution in [0, 0.1) is 0 Å². The number of rotatable bonds is 5. The minimum Gasteiger partial charge on any atom is -0.377 e. The number of amides is 2. The first-order valence-electron chi connectivity index (χ1n) is 8.52. The van der Waals surface area contributed by atoms with Crippen molar-refractivity contribution in [2.24, 2.45) is 0 Å². The number of fused-ring (bicyclic) bond motifs is 1. The summed E-state index contributed by atoms with van der Waals surface area (Å²) in [5, 5.41) is 17.9. The number of nitrogens with zero attached hydrogens (tertiary/aromatic N) is 7. The lowest BCUT2D eigenvalue weighted by molar-refractivity contribution is 0.120. The summed E-state index contributed by atoms with van der Waals surface area (Å²) in [6, 6.07) is 1.07. The van der Waals surface area contributed by atoms with Gasteiger partial charge in [-0.1, -0.05) is 11.6 Å². The number of carbonyl (C=O) groups is 1. The maximum absolute atomic E-state index is 12.5. The van der Waals surface area contributed by atoms with E-state index in [9.17, 15) is 4.79 Å². The van der Waals surface area contributed by atoms with Crippen LogP contribution in [0.3, 0.4) is 0 Å². The van der Waals surface area contributed by atoms with Crippen molar-refractivity contribution in [3.05, 3.63) is 53.8 Å². The standard InChI is InChI=1S/C17H16ClN9O2/c1-10(29-2)14-13(9-23-26-6-5-19-16(14)26)25-17(28)24-11-7-12(18)15(20-8-11)27-21-3-4-22-27/h3-10H,1-2H3,(H2,24,25,28). The summed E-state index contributed by atoms with van der Waals surface area (Å²) in [5.41, 5.74) is 2.18. The number of methoxy groups -OCH3 is 1. The van der Waals surface area contributed by atoms with Gasteiger partial charge in [0.15, 0.2) is 11.5 Å². The van der Waals surface area contributed by atoms with Gasteiger partial charge in [0.2, 0.25) is 0 Å². The lowest BCUT2D eigenvalue weighted by atomic mass is 10.1. The minimum absolute atomic E-state index is 0.285. The second-order valence-electron chi connectivity index (χ2n) is 5.97. The van der Waals surface area contributed by atoms with Gasteiger partial charge in [0.1, 0.15) is 0 Å². The van der Waals surface area contributed by atoms with Crippen molar-refractivity contribution in [2.75, 3.05) is 17.7 Å². The van der Waals surface area contributed by atoms with E-state index in [2.05, 4.69) is 35.9 Å². The first kappa shape index (κ1) is 18.8. The first-order chi connectivity index (χ1) is 14.1. The van der Waals surface area contributed by atoms with Crippen LogP contribution in [0.2, 0.25) is 5.02 Å². The highest BCUT2D eigenvalue weighted by Gasteiger charge is 2.18. The Morgan fingerprint density at radius 3 is 2.66 bits per heavy atom. The second-order valence-corrected chi connectivity index (χ2v) is 6.38. The molecule has 4 rings (SSSR count). The molecule has 0 aromatic carbocycles. The van der Waals surface area contributed by atoms with Gasteiger partial charge in [0.05, 0.1) is 52.9 Å². The number of carbonyl (C=O) groups excluding carboxylic acids is 1. The van der Waals surface area contributed by atoms with Gasteiger partial charge in [-0.2, -0.15) is 15.3 Å². The predicted molar refractivity (Wildman–Crippen MR) is 105 cm³/mol. The summed E-state index contributed by atoms with van der Waals surface area (Å²) in [6.45, 7) is 1.86. The Balaban J connectivity index is 1.55. The Labute approximate surface area is 169 Å². The summed E-state index contributed by atoms with van der Waals surface area (Å²) in [7, 11) is 1.58. The highest BCUT2D eigenvalue weighted by molar-refractivity contribution is 6.32. The van der Waals surface area contributed by atoms with Crippen LogP contribution in [-0.4, -0.2) is 47.7 Å². The van der Waals surface area contributed by atoms with Crippen LogP contribution in [0.5, 0.6) is 0 Å². The number of anilines is 2. The lowest BCUT2D eigenvalue weighted by Gasteiger charge is -2.16. The SMILES string of the molecule is COC(C)c1c(NC(=O)Nc2cnc(-n3nccn3)c(Cl)c2)cnn2ccnc12. The van der Waals surface area contributed by atoms with E-state index in [-0.39, 0.29) is 11.1 Å². The number of ether oxygens (including phenoxy) is 1. The highest BCUT2D eigenvalue weighted by atomic mass is 35.5. The van der Waals surface area contributed by atoms with Crippen LogP contribution >= 0.6 is 11.6 Å². The molecule has 0 fully saturated rings. The molecule has 12 heteroatoms. The fourth-order valence-electron chi connectivity index (χ4n) is 2.77. The third-order valence-electron chi connectivity index (χ3n) is 4.16. The molecule has 0 radical (unpaired) electrons. The van der Waals surface area contributed by atoms with Crippen LogP contribution in [-0.2, 0) is 4.74 Å². The fraction of sp³-hybridized carbons (Fsp3) is 0.176. The number of halogens is 1. The van der Waals surface area contributed by atoms with Gasteiger partial charge in [-0.3, -0.25) is 0 Å². The van der Waals surface area contributed by atoms with Crippen molar-refractivity contribution in [3.63, 3.8) is 0 Å². The normalized spacial score (nSPS) is 12.1. The third-order valence-corrected chi connectivity index (χ3v) is 4.44. The Hall–Kier alpha value is -3.57. The largest absolute Gasteiger partial charge is 0.377 e. The van der Waals surface area contributed by atoms with Gasteiger partial charge >= 0.3 is 6.03 Å². The number of hydrogen-bond acceptors (Lipinski definition) is 7. The molecule has 0 saturated carbocycles. The van der Waals surface area contributed by atoms with E-state index in [1.807, 2.05) is 6.92 Å². The van der Waals surface area contributed by atoms with Gasteiger partial charge in [0.25, 0.3) is 0 Å². The Morgan fingerprint density at radius 1 is 1.14 bits per heavy atom. The topological polar surface area (TPSA) is 124 Å². The van der Waals surface area contributed by atoms with Crippen molar-refractivity contribution in [1.82, 2.24) is 34.6 Å². The van der Waals surface area contributed by atoms with Gasteiger partial charge in [-0.25, -0.2) is 19.3 Å². The summed E-state index contributed by atoms with van der Waals surface area (Å²) in [6.07, 6.45) is 9.06. The molecule has 4 aromatic rings. The van der Waals surface area contributed by atoms with Crippen molar-refractivity contribution in [2.45, 2.75) is 13.0 Å². The van der Waals surface area contributed by atoms with E-state index >= 15 is 0 Å². The summed E-state index contributed by atoms with van der Waals surface area (Å²) in [4.78, 5) is 22.3. The van der Waals surface area contributed by atoms with Crippen LogP contribution in [0.15, 0.2) is 43.2 Å². The van der Waals surface area contributed by atoms with Gasteiger partial charge in [-0.05, 0) is 13.0 Å². The lowest BCUT2D eigenvalue weighted by Crippen LogP contribution is -2.22. The van der Waals surface area contributed by atoms with E-state index in [1.54, 1.807) is 30.1 Å². The van der Waals surface area contributed by atoms with E-state index in [4.69, 9.17) is 16.3 Å². The Kier molecular flexibility index (Phi) is 5.06. The first-order valence-corrected chi connectivity index (χ1v) is 8.90. The van der Waals surface area contributed by atoms with Crippen molar-refractivity contribution in [1.29, 1.82) is 0 Å². The molecule has 2 N–H and O–H groups in total. The smallest absolute Gasteiger partial charge is 0.323 e. The second kappa shape index (κ2) is 7.81. The van der Waals surface area contributed by atoms with Crippen molar-refractivity contribution < 1.29 is 9.53 Å². The monoisotopic (exact) mass is 413 g/mol. The maximum atomic E-state index is 12.5. The molecule has 148 valence electrons. The zero-order valence-electron chi connectivity index (χ0n) is 15.4. The number of pyridine rings is 1. The molecule has 0 aliphatic carbocycles. The summed E-state index contributed by atoms with van der Waals surface area (Å²) >= 11 is 6.23. The van der Waals surface area contributed by atoms with Crippen LogP contribution in [0.1, 0.15) is 18.6 Å². The molecule has 11 nitrogen and oxygen atoms in total. The van der Waals surface area contributed by atoms with Gasteiger partial charge in [-0.15, -0.1) is 4.80 Å². The molecule has 0 aliphatic heterocycles. The molecular weight excluding hydrogens is 398 g/mol. The minimum atomic E-state index is -0.491. The summed E-state index contributed by atoms with van der Waals surface area (Å²) < 4.78 is 7.03. The number of hydrogen-bond donors (Lipinski definition) is 2. The fourth-order valence-corrected chi connectivity index (χ4v) is 3.01. The Morgan fingerprint density at radius 2 is 1.93 bits per heavy atom. The molecule has 4 aromatic heterocycles. The molecule has 0 saturated heterocycles. The average molecular weight is 414 g/mol. The van der Waals surface area contributed by atoms with Crippen LogP contribution in [0.25, 0.3) is 11.5 Å². The molecule has 1 unspecified atom stereocenters. The van der Waals surface area contributed by atoms with Crippen molar-refractivity contribution >= 4 is 34.7 Å². The average Bonchev–Trinajstić information content (AvgIpc) is 3.39. The zero-order chi connectivity index (χ0) is 20.4. The number of urea groups is 1. The maximum Gasteiger partial charge on any atom is 0.323 e. The quantitative estimate of drug-likeness (QED) is 0.515. The molecule has 4 heterocycles. The molecule has 0 spiro atoms. The van der Waals surface area contributed by atoms with E-state index in [0.29, 0.717) is 28.4 Å². The summed E-state index contributed by atoms with van der Waals surface area (Å²) in [5.74, 6) is 0.354. The van der Waals surface area contributed by atoms with Gasteiger partial charge in [0, 0.05) is 19.5 Å². The zero-order valence-corrected chi connectivity index (χ0v) is 16.2. The molecule has 1 atom stereocenters. The van der Waals surface area contributed by atoms with E-state index in [0.717, 1.165) is 0 Å². The van der Waals surface area contributed by atoms with Gasteiger partial charge < -0.3 is 15.4 Å².